The van der Waals surface area contributed by atoms with E-state index in [4.69, 9.17) is 0 Å². The van der Waals surface area contributed by atoms with Crippen LogP contribution in [0.4, 0.5) is 5.69 Å². The molecule has 28 heavy (non-hydrogen) atoms. The Morgan fingerprint density at radius 1 is 1.14 bits per heavy atom. The minimum Gasteiger partial charge on any atom is -0.325 e. The number of carbonyl (C=O) groups excluding carboxylic acids is 1. The van der Waals surface area contributed by atoms with Crippen LogP contribution in [0.15, 0.2) is 59.8 Å². The van der Waals surface area contributed by atoms with E-state index in [1.54, 1.807) is 0 Å². The number of hydrogen-bond donors (Lipinski definition) is 1. The predicted octanol–water partition coefficient (Wildman–Crippen LogP) is 4.61. The van der Waals surface area contributed by atoms with Gasteiger partial charge in [-0.15, -0.1) is 10.2 Å². The van der Waals surface area contributed by atoms with E-state index in [1.807, 2.05) is 37.3 Å². The van der Waals surface area contributed by atoms with E-state index in [0.717, 1.165) is 35.2 Å². The molecule has 4 rings (SSSR count). The summed E-state index contributed by atoms with van der Waals surface area (Å²) < 4.78 is 2.15. The Hall–Kier alpha value is -2.60. The highest BCUT2D eigenvalue weighted by molar-refractivity contribution is 7.99. The molecule has 6 heteroatoms. The number of aromatic nitrogens is 3. The standard InChI is InChI=1S/C22H24N4OS/c1-3-26-21(19-13-18(19)16-9-5-4-6-10-16)24-25-22(26)28-14-20(27)23-17-11-7-8-15(2)12-17/h4-12,18-19H,3,13-14H2,1-2H3,(H,23,27). The normalized spacial score (nSPS) is 18.1. The van der Waals surface area contributed by atoms with Gasteiger partial charge in [0.1, 0.15) is 5.82 Å². The van der Waals surface area contributed by atoms with E-state index in [9.17, 15) is 4.79 Å². The van der Waals surface area contributed by atoms with Crippen molar-refractivity contribution in [3.63, 3.8) is 0 Å². The number of amides is 1. The zero-order valence-corrected chi connectivity index (χ0v) is 16.9. The summed E-state index contributed by atoms with van der Waals surface area (Å²) in [4.78, 5) is 12.3. The van der Waals surface area contributed by atoms with Crippen molar-refractivity contribution in [1.82, 2.24) is 14.8 Å². The SMILES string of the molecule is CCn1c(SCC(=O)Nc2cccc(C)c2)nnc1C1CC1c1ccccc1. The maximum absolute atomic E-state index is 12.3. The lowest BCUT2D eigenvalue weighted by molar-refractivity contribution is -0.113. The van der Waals surface area contributed by atoms with Gasteiger partial charge < -0.3 is 9.88 Å². The molecule has 1 aliphatic rings. The molecule has 1 fully saturated rings. The number of aryl methyl sites for hydroxylation is 1. The molecule has 1 heterocycles. The molecule has 2 aromatic carbocycles. The number of benzene rings is 2. The first kappa shape index (κ1) is 18.7. The second-order valence-electron chi connectivity index (χ2n) is 7.15. The maximum Gasteiger partial charge on any atom is 0.234 e. The summed E-state index contributed by atoms with van der Waals surface area (Å²) in [6, 6.07) is 18.4. The fourth-order valence-corrected chi connectivity index (χ4v) is 4.39. The number of nitrogens with one attached hydrogen (secondary N) is 1. The molecule has 2 atom stereocenters. The summed E-state index contributed by atoms with van der Waals surface area (Å²) in [5.41, 5.74) is 3.31. The number of carbonyl (C=O) groups is 1. The summed E-state index contributed by atoms with van der Waals surface area (Å²) in [5.74, 6) is 2.27. The highest BCUT2D eigenvalue weighted by Gasteiger charge is 2.43. The molecular weight excluding hydrogens is 368 g/mol. The fourth-order valence-electron chi connectivity index (χ4n) is 3.58. The fraction of sp³-hybridized carbons (Fsp3) is 0.318. The van der Waals surface area contributed by atoms with Gasteiger partial charge in [0, 0.05) is 18.2 Å². The van der Waals surface area contributed by atoms with Crippen LogP contribution < -0.4 is 5.32 Å². The van der Waals surface area contributed by atoms with E-state index in [1.165, 1.54) is 17.3 Å². The smallest absolute Gasteiger partial charge is 0.234 e. The molecule has 2 unspecified atom stereocenters. The third kappa shape index (κ3) is 4.12. The van der Waals surface area contributed by atoms with E-state index in [0.29, 0.717) is 17.6 Å². The molecule has 1 N–H and O–H groups in total. The Kier molecular flexibility index (Phi) is 5.48. The van der Waals surface area contributed by atoms with Crippen molar-refractivity contribution in [2.75, 3.05) is 11.1 Å². The molecule has 144 valence electrons. The van der Waals surface area contributed by atoms with Gasteiger partial charge in [-0.05, 0) is 49.4 Å². The molecule has 1 saturated carbocycles. The lowest BCUT2D eigenvalue weighted by atomic mass is 10.1. The van der Waals surface area contributed by atoms with Crippen molar-refractivity contribution in [2.45, 2.75) is 43.8 Å². The predicted molar refractivity (Wildman–Crippen MR) is 113 cm³/mol. The highest BCUT2D eigenvalue weighted by atomic mass is 32.2. The molecule has 1 aliphatic carbocycles. The molecule has 5 nitrogen and oxygen atoms in total. The quantitative estimate of drug-likeness (QED) is 0.597. The minimum absolute atomic E-state index is 0.0311. The van der Waals surface area contributed by atoms with Crippen LogP contribution in [-0.2, 0) is 11.3 Å². The molecule has 0 bridgehead atoms. The van der Waals surface area contributed by atoms with E-state index < -0.39 is 0 Å². The largest absolute Gasteiger partial charge is 0.325 e. The Bertz CT molecular complexity index is 970. The molecule has 3 aromatic rings. The minimum atomic E-state index is -0.0311. The van der Waals surface area contributed by atoms with Gasteiger partial charge in [0.15, 0.2) is 5.16 Å². The van der Waals surface area contributed by atoms with Crippen molar-refractivity contribution in [1.29, 1.82) is 0 Å². The average molecular weight is 393 g/mol. The van der Waals surface area contributed by atoms with Gasteiger partial charge in [0.25, 0.3) is 0 Å². The van der Waals surface area contributed by atoms with Crippen LogP contribution in [0.2, 0.25) is 0 Å². The van der Waals surface area contributed by atoms with Gasteiger partial charge in [-0.1, -0.05) is 54.2 Å². The van der Waals surface area contributed by atoms with Crippen molar-refractivity contribution < 1.29 is 4.79 Å². The zero-order valence-electron chi connectivity index (χ0n) is 16.1. The lowest BCUT2D eigenvalue weighted by Crippen LogP contribution is -2.14. The third-order valence-corrected chi connectivity index (χ3v) is 6.01. The summed E-state index contributed by atoms with van der Waals surface area (Å²) in [5, 5.41) is 12.6. The van der Waals surface area contributed by atoms with Crippen LogP contribution in [0, 0.1) is 6.92 Å². The first-order chi connectivity index (χ1) is 13.7. The molecular formula is C22H24N4OS. The molecule has 0 spiro atoms. The molecule has 0 radical (unpaired) electrons. The number of anilines is 1. The zero-order chi connectivity index (χ0) is 19.5. The van der Waals surface area contributed by atoms with Gasteiger partial charge in [0.2, 0.25) is 5.91 Å². The summed E-state index contributed by atoms with van der Waals surface area (Å²) >= 11 is 1.44. The first-order valence-electron chi connectivity index (χ1n) is 9.63. The molecule has 1 aromatic heterocycles. The van der Waals surface area contributed by atoms with E-state index in [-0.39, 0.29) is 5.91 Å². The lowest BCUT2D eigenvalue weighted by Gasteiger charge is -2.08. The second-order valence-corrected chi connectivity index (χ2v) is 8.09. The van der Waals surface area contributed by atoms with Crippen molar-refractivity contribution >= 4 is 23.4 Å². The monoisotopic (exact) mass is 392 g/mol. The summed E-state index contributed by atoms with van der Waals surface area (Å²) in [7, 11) is 0. The molecule has 1 amide bonds. The van der Waals surface area contributed by atoms with Gasteiger partial charge in [-0.3, -0.25) is 4.79 Å². The average Bonchev–Trinajstić information content (AvgIpc) is 3.39. The van der Waals surface area contributed by atoms with Crippen LogP contribution in [-0.4, -0.2) is 26.4 Å². The van der Waals surface area contributed by atoms with Crippen molar-refractivity contribution in [2.24, 2.45) is 0 Å². The van der Waals surface area contributed by atoms with Crippen molar-refractivity contribution in [3.05, 3.63) is 71.5 Å². The first-order valence-corrected chi connectivity index (χ1v) is 10.6. The number of thioether (sulfide) groups is 1. The van der Waals surface area contributed by atoms with E-state index >= 15 is 0 Å². The maximum atomic E-state index is 12.3. The number of hydrogen-bond acceptors (Lipinski definition) is 4. The van der Waals surface area contributed by atoms with Crippen LogP contribution in [0.1, 0.15) is 42.1 Å². The van der Waals surface area contributed by atoms with Crippen LogP contribution >= 0.6 is 11.8 Å². The Labute approximate surface area is 169 Å². The van der Waals surface area contributed by atoms with Gasteiger partial charge in [0.05, 0.1) is 5.75 Å². The summed E-state index contributed by atoms with van der Waals surface area (Å²) in [6.07, 6.45) is 1.11. The van der Waals surface area contributed by atoms with Crippen LogP contribution in [0.3, 0.4) is 0 Å². The van der Waals surface area contributed by atoms with E-state index in [2.05, 4.69) is 51.3 Å². The van der Waals surface area contributed by atoms with Crippen LogP contribution in [0.25, 0.3) is 0 Å². The Balaban J connectivity index is 1.39. The third-order valence-electron chi connectivity index (χ3n) is 5.05. The van der Waals surface area contributed by atoms with Gasteiger partial charge in [-0.2, -0.15) is 0 Å². The number of nitrogens with zero attached hydrogens (tertiary/aromatic N) is 3. The van der Waals surface area contributed by atoms with Gasteiger partial charge >= 0.3 is 0 Å². The highest BCUT2D eigenvalue weighted by Crippen LogP contribution is 2.54. The Morgan fingerprint density at radius 2 is 1.96 bits per heavy atom. The second kappa shape index (κ2) is 8.19. The Morgan fingerprint density at radius 3 is 2.71 bits per heavy atom. The van der Waals surface area contributed by atoms with Crippen molar-refractivity contribution in [3.8, 4) is 0 Å². The topological polar surface area (TPSA) is 59.8 Å². The molecule has 0 aliphatic heterocycles. The molecule has 0 saturated heterocycles. The summed E-state index contributed by atoms with van der Waals surface area (Å²) in [6.45, 7) is 4.92. The number of rotatable bonds is 7. The van der Waals surface area contributed by atoms with Gasteiger partial charge in [-0.25, -0.2) is 0 Å². The van der Waals surface area contributed by atoms with Crippen LogP contribution in [0.5, 0.6) is 0 Å².